The van der Waals surface area contributed by atoms with Gasteiger partial charge in [-0.25, -0.2) is 9.78 Å². The molecule has 0 aliphatic heterocycles. The summed E-state index contributed by atoms with van der Waals surface area (Å²) in [6.45, 7) is 2.41. The van der Waals surface area contributed by atoms with Crippen molar-refractivity contribution in [3.05, 3.63) is 77.1 Å². The van der Waals surface area contributed by atoms with Gasteiger partial charge in [-0.1, -0.05) is 67.2 Å². The van der Waals surface area contributed by atoms with Gasteiger partial charge in [-0.3, -0.25) is 19.5 Å². The average Bonchev–Trinajstić information content (AvgIpc) is 3.27. The van der Waals surface area contributed by atoms with Gasteiger partial charge in [0.2, 0.25) is 5.91 Å². The van der Waals surface area contributed by atoms with Gasteiger partial charge in [0, 0.05) is 11.4 Å². The van der Waals surface area contributed by atoms with Crippen molar-refractivity contribution in [3.63, 3.8) is 0 Å². The molecule has 2 N–H and O–H groups in total. The summed E-state index contributed by atoms with van der Waals surface area (Å²) >= 11 is 2.55. The molecule has 0 atom stereocenters. The number of hydrogen-bond donors (Lipinski definition) is 2. The number of nitrogens with one attached hydrogen (secondary N) is 2. The van der Waals surface area contributed by atoms with E-state index in [4.69, 9.17) is 4.98 Å². The van der Waals surface area contributed by atoms with E-state index in [1.807, 2.05) is 73.7 Å². The number of rotatable bonds is 7. The fourth-order valence-electron chi connectivity index (χ4n) is 3.18. The molecule has 4 aromatic rings. The molecular formula is C24H22N4O3S2. The van der Waals surface area contributed by atoms with E-state index < -0.39 is 11.9 Å². The molecule has 0 spiro atoms. The van der Waals surface area contributed by atoms with Crippen LogP contribution in [-0.2, 0) is 4.79 Å². The third kappa shape index (κ3) is 5.32. The average molecular weight is 479 g/mol. The Kier molecular flexibility index (Phi) is 7.21. The fourth-order valence-corrected chi connectivity index (χ4v) is 5.07. The molecule has 168 valence electrons. The molecule has 2 aromatic heterocycles. The zero-order chi connectivity index (χ0) is 23.2. The molecule has 0 radical (unpaired) electrons. The number of carbonyl (C=O) groups is 2. The first-order valence-electron chi connectivity index (χ1n) is 10.4. The quantitative estimate of drug-likeness (QED) is 0.303. The van der Waals surface area contributed by atoms with Crippen molar-refractivity contribution in [2.45, 2.75) is 18.5 Å². The van der Waals surface area contributed by atoms with Gasteiger partial charge >= 0.3 is 6.03 Å². The van der Waals surface area contributed by atoms with Crippen molar-refractivity contribution in [2.24, 2.45) is 0 Å². The number of urea groups is 1. The number of benzene rings is 2. The normalized spacial score (nSPS) is 10.8. The summed E-state index contributed by atoms with van der Waals surface area (Å²) in [5, 5.41) is 5.82. The maximum absolute atomic E-state index is 13.5. The summed E-state index contributed by atoms with van der Waals surface area (Å²) in [6.07, 6.45) is 0.773. The van der Waals surface area contributed by atoms with Crippen LogP contribution < -0.4 is 16.2 Å². The molecule has 0 fully saturated rings. The molecular weight excluding hydrogens is 456 g/mol. The molecule has 0 saturated carbocycles. The van der Waals surface area contributed by atoms with Crippen molar-refractivity contribution in [1.82, 2.24) is 20.2 Å². The van der Waals surface area contributed by atoms with Crippen molar-refractivity contribution in [2.75, 3.05) is 12.3 Å². The summed E-state index contributed by atoms with van der Waals surface area (Å²) < 4.78 is 1.51. The molecule has 33 heavy (non-hydrogen) atoms. The third-order valence-corrected chi connectivity index (χ3v) is 6.74. The van der Waals surface area contributed by atoms with E-state index in [2.05, 4.69) is 10.6 Å². The first-order chi connectivity index (χ1) is 16.1. The number of hydrogen-bond acceptors (Lipinski definition) is 6. The summed E-state index contributed by atoms with van der Waals surface area (Å²) in [5.74, 6) is -0.514. The van der Waals surface area contributed by atoms with E-state index in [9.17, 15) is 14.4 Å². The third-order valence-electron chi connectivity index (χ3n) is 4.73. The molecule has 0 aliphatic carbocycles. The topological polar surface area (TPSA) is 93.1 Å². The second kappa shape index (κ2) is 10.5. The highest BCUT2D eigenvalue weighted by atomic mass is 32.2. The van der Waals surface area contributed by atoms with Crippen LogP contribution in [0.3, 0.4) is 0 Å². The van der Waals surface area contributed by atoms with Crippen LogP contribution in [0.5, 0.6) is 0 Å². The SMILES string of the molecule is CCCNC(=O)NC(=O)CSc1nc2sc(-c3ccccc3)cc2c(=O)n1-c1ccccc1. The minimum Gasteiger partial charge on any atom is -0.338 e. The van der Waals surface area contributed by atoms with Crippen LogP contribution >= 0.6 is 23.1 Å². The largest absolute Gasteiger partial charge is 0.338 e. The minimum absolute atomic E-state index is 0.0543. The van der Waals surface area contributed by atoms with Gasteiger partial charge in [0.15, 0.2) is 5.16 Å². The Hall–Kier alpha value is -3.43. The Balaban J connectivity index is 1.69. The van der Waals surface area contributed by atoms with Gasteiger partial charge in [-0.05, 0) is 30.2 Å². The van der Waals surface area contributed by atoms with Crippen LogP contribution in [0.25, 0.3) is 26.3 Å². The van der Waals surface area contributed by atoms with E-state index in [1.54, 1.807) is 0 Å². The zero-order valence-corrected chi connectivity index (χ0v) is 19.5. The van der Waals surface area contributed by atoms with Crippen LogP contribution in [-0.4, -0.2) is 33.8 Å². The lowest BCUT2D eigenvalue weighted by molar-refractivity contribution is -0.117. The second-order valence-electron chi connectivity index (χ2n) is 7.16. The maximum atomic E-state index is 13.5. The van der Waals surface area contributed by atoms with E-state index in [0.29, 0.717) is 27.6 Å². The highest BCUT2D eigenvalue weighted by molar-refractivity contribution is 7.99. The lowest BCUT2D eigenvalue weighted by atomic mass is 10.2. The number of fused-ring (bicyclic) bond motifs is 1. The summed E-state index contributed by atoms with van der Waals surface area (Å²) in [4.78, 5) is 43.8. The molecule has 0 bridgehead atoms. The van der Waals surface area contributed by atoms with Crippen LogP contribution in [0.15, 0.2) is 76.7 Å². The van der Waals surface area contributed by atoms with E-state index in [-0.39, 0.29) is 11.3 Å². The Bertz CT molecular complexity index is 1330. The summed E-state index contributed by atoms with van der Waals surface area (Å²) in [5.41, 5.74) is 1.47. The van der Waals surface area contributed by atoms with Crippen molar-refractivity contribution in [3.8, 4) is 16.1 Å². The predicted molar refractivity (Wildman–Crippen MR) is 133 cm³/mol. The standard InChI is InChI=1S/C24H22N4O3S2/c1-2-13-25-23(31)26-20(29)15-32-24-27-21-18(14-19(33-21)16-9-5-3-6-10-16)22(30)28(24)17-11-7-4-8-12-17/h3-12,14H,2,13,15H2,1H3,(H2,25,26,29,31). The molecule has 2 aromatic carbocycles. The van der Waals surface area contributed by atoms with Gasteiger partial charge < -0.3 is 5.32 Å². The molecule has 0 unspecified atom stereocenters. The zero-order valence-electron chi connectivity index (χ0n) is 17.9. The number of nitrogens with zero attached hydrogens (tertiary/aromatic N) is 2. The Labute approximate surface area is 198 Å². The number of carbonyl (C=O) groups excluding carboxylic acids is 2. The number of aromatic nitrogens is 2. The van der Waals surface area contributed by atoms with E-state index >= 15 is 0 Å². The van der Waals surface area contributed by atoms with E-state index in [0.717, 1.165) is 28.6 Å². The molecule has 3 amide bonds. The summed E-state index contributed by atoms with van der Waals surface area (Å²) in [6, 6.07) is 20.4. The fraction of sp³-hybridized carbons (Fsp3) is 0.167. The van der Waals surface area contributed by atoms with Crippen molar-refractivity contribution >= 4 is 45.3 Å². The van der Waals surface area contributed by atoms with Gasteiger partial charge in [-0.15, -0.1) is 11.3 Å². The molecule has 7 nitrogen and oxygen atoms in total. The Morgan fingerprint density at radius 1 is 1.06 bits per heavy atom. The lowest BCUT2D eigenvalue weighted by Crippen LogP contribution is -2.40. The monoisotopic (exact) mass is 478 g/mol. The van der Waals surface area contributed by atoms with Gasteiger partial charge in [0.1, 0.15) is 4.83 Å². The predicted octanol–water partition coefficient (Wildman–Crippen LogP) is 4.44. The smallest absolute Gasteiger partial charge is 0.321 e. The summed E-state index contributed by atoms with van der Waals surface area (Å²) in [7, 11) is 0. The molecule has 0 aliphatic rings. The first kappa shape index (κ1) is 22.8. The van der Waals surface area contributed by atoms with Gasteiger partial charge in [0.05, 0.1) is 16.8 Å². The van der Waals surface area contributed by atoms with Crippen LogP contribution in [0.2, 0.25) is 0 Å². The maximum Gasteiger partial charge on any atom is 0.321 e. The Morgan fingerprint density at radius 3 is 2.45 bits per heavy atom. The first-order valence-corrected chi connectivity index (χ1v) is 12.2. The van der Waals surface area contributed by atoms with Gasteiger partial charge in [0.25, 0.3) is 5.56 Å². The molecule has 2 heterocycles. The molecule has 4 rings (SSSR count). The molecule has 0 saturated heterocycles. The highest BCUT2D eigenvalue weighted by Crippen LogP contribution is 2.32. The van der Waals surface area contributed by atoms with Gasteiger partial charge in [-0.2, -0.15) is 0 Å². The van der Waals surface area contributed by atoms with Crippen molar-refractivity contribution in [1.29, 1.82) is 0 Å². The minimum atomic E-state index is -0.530. The van der Waals surface area contributed by atoms with Crippen molar-refractivity contribution < 1.29 is 9.59 Å². The second-order valence-corrected chi connectivity index (χ2v) is 9.13. The van der Waals surface area contributed by atoms with Crippen LogP contribution in [0.1, 0.15) is 13.3 Å². The van der Waals surface area contributed by atoms with Crippen LogP contribution in [0, 0.1) is 0 Å². The van der Waals surface area contributed by atoms with E-state index in [1.165, 1.54) is 15.9 Å². The Morgan fingerprint density at radius 2 is 1.76 bits per heavy atom. The lowest BCUT2D eigenvalue weighted by Gasteiger charge is -2.12. The van der Waals surface area contributed by atoms with Crippen LogP contribution in [0.4, 0.5) is 4.79 Å². The number of amides is 3. The number of imide groups is 1. The number of thiophene rings is 1. The highest BCUT2D eigenvalue weighted by Gasteiger charge is 2.18. The number of thioether (sulfide) groups is 1. The number of para-hydroxylation sites is 1. The molecule has 9 heteroatoms.